The Morgan fingerprint density at radius 2 is 2.05 bits per heavy atom. The number of anilines is 2. The Labute approximate surface area is 148 Å². The lowest BCUT2D eigenvalue weighted by Crippen LogP contribution is -2.37. The maximum absolute atomic E-state index is 12.0. The number of para-hydroxylation sites is 1. The van der Waals surface area contributed by atoms with Crippen molar-refractivity contribution in [2.75, 3.05) is 43.1 Å². The monoisotopic (exact) mass is 369 g/mol. The Kier molecular flexibility index (Phi) is 9.80. The van der Waals surface area contributed by atoms with E-state index in [1.807, 2.05) is 18.2 Å². The van der Waals surface area contributed by atoms with Crippen molar-refractivity contribution in [3.8, 4) is 0 Å². The maximum atomic E-state index is 12.0. The average molecular weight is 371 g/mol. The molecule has 1 aliphatic rings. The molecule has 0 saturated carbocycles. The molecule has 1 aromatic rings. The number of halogens is 3. The summed E-state index contributed by atoms with van der Waals surface area (Å²) in [7, 11) is 0. The Morgan fingerprint density at radius 3 is 2.64 bits per heavy atom. The molecule has 1 saturated heterocycles. The molecule has 126 valence electrons. The molecule has 1 aliphatic heterocycles. The topological polar surface area (TPSA) is 67.6 Å². The first-order valence-electron chi connectivity index (χ1n) is 6.75. The van der Waals surface area contributed by atoms with Crippen LogP contribution in [0.3, 0.4) is 0 Å². The Bertz CT molecular complexity index is 482. The highest BCUT2D eigenvalue weighted by Gasteiger charge is 2.20. The lowest BCUT2D eigenvalue weighted by molar-refractivity contribution is -0.119. The molecule has 0 bridgehead atoms. The van der Waals surface area contributed by atoms with Crippen LogP contribution in [-0.4, -0.2) is 38.8 Å². The molecule has 3 N–H and O–H groups in total. The number of nitrogens with two attached hydrogens (primary N) is 1. The van der Waals surface area contributed by atoms with Crippen molar-refractivity contribution in [1.82, 2.24) is 0 Å². The van der Waals surface area contributed by atoms with Gasteiger partial charge in [0.05, 0.1) is 29.6 Å². The third-order valence-corrected chi connectivity index (χ3v) is 3.68. The van der Waals surface area contributed by atoms with Gasteiger partial charge in [0, 0.05) is 25.6 Å². The minimum absolute atomic E-state index is 0. The lowest BCUT2D eigenvalue weighted by Gasteiger charge is -2.31. The summed E-state index contributed by atoms with van der Waals surface area (Å²) in [5, 5.41) is 3.54. The molecule has 5 nitrogen and oxygen atoms in total. The molecule has 1 aromatic carbocycles. The van der Waals surface area contributed by atoms with Crippen LogP contribution in [-0.2, 0) is 9.53 Å². The van der Waals surface area contributed by atoms with Gasteiger partial charge in [-0.15, -0.1) is 24.8 Å². The minimum Gasteiger partial charge on any atom is -0.378 e. The summed E-state index contributed by atoms with van der Waals surface area (Å²) in [6.07, 6.45) is 0. The minimum atomic E-state index is -0.230. The lowest BCUT2D eigenvalue weighted by atomic mass is 10.1. The molecule has 1 amide bonds. The molecule has 0 aromatic heterocycles. The van der Waals surface area contributed by atoms with Gasteiger partial charge < -0.3 is 20.7 Å². The van der Waals surface area contributed by atoms with Crippen LogP contribution in [0.5, 0.6) is 0 Å². The number of hydrogen-bond donors (Lipinski definition) is 2. The molecule has 1 heterocycles. The predicted molar refractivity (Wildman–Crippen MR) is 95.8 cm³/mol. The molecular formula is C14H22Cl3N3O2. The highest BCUT2D eigenvalue weighted by Crippen LogP contribution is 2.34. The summed E-state index contributed by atoms with van der Waals surface area (Å²) >= 11 is 6.30. The largest absolute Gasteiger partial charge is 0.378 e. The van der Waals surface area contributed by atoms with Crippen LogP contribution < -0.4 is 16.0 Å². The zero-order valence-electron chi connectivity index (χ0n) is 12.4. The van der Waals surface area contributed by atoms with Crippen molar-refractivity contribution in [2.45, 2.75) is 6.92 Å². The van der Waals surface area contributed by atoms with Gasteiger partial charge >= 0.3 is 0 Å². The van der Waals surface area contributed by atoms with Gasteiger partial charge in [-0.1, -0.05) is 24.6 Å². The van der Waals surface area contributed by atoms with E-state index in [0.717, 1.165) is 24.5 Å². The fourth-order valence-electron chi connectivity index (χ4n) is 2.09. The average Bonchev–Trinajstić information content (AvgIpc) is 2.47. The number of hydrogen-bond acceptors (Lipinski definition) is 4. The van der Waals surface area contributed by atoms with E-state index >= 15 is 0 Å². The molecule has 8 heteroatoms. The second-order valence-electron chi connectivity index (χ2n) is 4.86. The number of morpholine rings is 1. The number of ether oxygens (including phenoxy) is 1. The SMILES string of the molecule is CC(CN)C(=O)Nc1cccc(Cl)c1N1CCOCC1.Cl.Cl. The van der Waals surface area contributed by atoms with Crippen LogP contribution in [0.25, 0.3) is 0 Å². The number of amides is 1. The van der Waals surface area contributed by atoms with Gasteiger partial charge in [0.25, 0.3) is 0 Å². The maximum Gasteiger partial charge on any atom is 0.228 e. The van der Waals surface area contributed by atoms with E-state index in [4.69, 9.17) is 22.1 Å². The smallest absolute Gasteiger partial charge is 0.228 e. The van der Waals surface area contributed by atoms with Gasteiger partial charge in [-0.2, -0.15) is 0 Å². The standard InChI is InChI=1S/C14H20ClN3O2.2ClH/c1-10(9-16)14(19)17-12-4-2-3-11(15)13(12)18-5-7-20-8-6-18;;/h2-4,10H,5-9,16H2,1H3,(H,17,19);2*1H. The number of nitrogens with one attached hydrogen (secondary N) is 1. The Morgan fingerprint density at radius 1 is 1.41 bits per heavy atom. The number of benzene rings is 1. The highest BCUT2D eigenvalue weighted by molar-refractivity contribution is 6.34. The van der Waals surface area contributed by atoms with E-state index in [2.05, 4.69) is 10.2 Å². The Balaban J connectivity index is 0.00000220. The van der Waals surface area contributed by atoms with Crippen molar-refractivity contribution < 1.29 is 9.53 Å². The van der Waals surface area contributed by atoms with E-state index in [1.165, 1.54) is 0 Å². The summed E-state index contributed by atoms with van der Waals surface area (Å²) in [4.78, 5) is 14.1. The molecule has 2 rings (SSSR count). The third kappa shape index (κ3) is 5.18. The van der Waals surface area contributed by atoms with Gasteiger partial charge in [0.2, 0.25) is 5.91 Å². The van der Waals surface area contributed by atoms with Gasteiger partial charge in [-0.3, -0.25) is 4.79 Å². The quantitative estimate of drug-likeness (QED) is 0.855. The van der Waals surface area contributed by atoms with E-state index in [-0.39, 0.29) is 36.6 Å². The second-order valence-corrected chi connectivity index (χ2v) is 5.27. The van der Waals surface area contributed by atoms with E-state index < -0.39 is 0 Å². The van der Waals surface area contributed by atoms with E-state index in [1.54, 1.807) is 6.92 Å². The third-order valence-electron chi connectivity index (χ3n) is 3.37. The summed E-state index contributed by atoms with van der Waals surface area (Å²) in [6, 6.07) is 5.52. The molecule has 22 heavy (non-hydrogen) atoms. The van der Waals surface area contributed by atoms with Crippen LogP contribution in [0.4, 0.5) is 11.4 Å². The number of carbonyl (C=O) groups is 1. The van der Waals surface area contributed by atoms with Gasteiger partial charge in [-0.25, -0.2) is 0 Å². The molecule has 0 radical (unpaired) electrons. The summed E-state index contributed by atoms with van der Waals surface area (Å²) in [5.74, 6) is -0.323. The van der Waals surface area contributed by atoms with E-state index in [0.29, 0.717) is 24.8 Å². The van der Waals surface area contributed by atoms with Gasteiger partial charge in [0.1, 0.15) is 0 Å². The Hall–Kier alpha value is -0.720. The van der Waals surface area contributed by atoms with Crippen LogP contribution >= 0.6 is 36.4 Å². The number of nitrogens with zero attached hydrogens (tertiary/aromatic N) is 1. The molecule has 0 aliphatic carbocycles. The molecule has 1 atom stereocenters. The molecular weight excluding hydrogens is 349 g/mol. The second kappa shape index (κ2) is 10.1. The van der Waals surface area contributed by atoms with Crippen molar-refractivity contribution >= 4 is 53.7 Å². The molecule has 1 fully saturated rings. The summed E-state index contributed by atoms with van der Waals surface area (Å²) < 4.78 is 5.35. The number of carbonyl (C=O) groups excluding carboxylic acids is 1. The normalized spacial score (nSPS) is 15.3. The van der Waals surface area contributed by atoms with Crippen LogP contribution in [0, 0.1) is 5.92 Å². The van der Waals surface area contributed by atoms with Crippen LogP contribution in [0.2, 0.25) is 5.02 Å². The van der Waals surface area contributed by atoms with Crippen molar-refractivity contribution in [3.05, 3.63) is 23.2 Å². The van der Waals surface area contributed by atoms with Crippen LogP contribution in [0.15, 0.2) is 18.2 Å². The van der Waals surface area contributed by atoms with Gasteiger partial charge in [0.15, 0.2) is 0 Å². The van der Waals surface area contributed by atoms with Crippen molar-refractivity contribution in [2.24, 2.45) is 11.7 Å². The summed E-state index contributed by atoms with van der Waals surface area (Å²) in [5.41, 5.74) is 7.11. The highest BCUT2D eigenvalue weighted by atomic mass is 35.5. The van der Waals surface area contributed by atoms with Crippen molar-refractivity contribution in [1.29, 1.82) is 0 Å². The molecule has 1 unspecified atom stereocenters. The first-order valence-corrected chi connectivity index (χ1v) is 7.13. The first kappa shape index (κ1) is 21.3. The predicted octanol–water partition coefficient (Wildman–Crippen LogP) is 2.55. The summed E-state index contributed by atoms with van der Waals surface area (Å²) in [6.45, 7) is 4.97. The zero-order chi connectivity index (χ0) is 14.5. The van der Waals surface area contributed by atoms with Crippen molar-refractivity contribution in [3.63, 3.8) is 0 Å². The number of rotatable bonds is 4. The molecule has 0 spiro atoms. The van der Waals surface area contributed by atoms with Crippen LogP contribution in [0.1, 0.15) is 6.92 Å². The van der Waals surface area contributed by atoms with E-state index in [9.17, 15) is 4.79 Å². The van der Waals surface area contributed by atoms with Gasteiger partial charge in [-0.05, 0) is 12.1 Å². The fourth-order valence-corrected chi connectivity index (χ4v) is 2.38. The fraction of sp³-hybridized carbons (Fsp3) is 0.500. The first-order chi connectivity index (χ1) is 9.63. The zero-order valence-corrected chi connectivity index (χ0v) is 14.8.